The first-order chi connectivity index (χ1) is 35.6. The lowest BCUT2D eigenvalue weighted by Gasteiger charge is -2.32. The molecular weight excluding hydrogens is 955 g/mol. The number of aromatic nitrogens is 3. The fraction of sp³-hybridized carbons (Fsp3) is 0.490. The molecule has 1 aliphatic rings. The molecule has 2 aromatic heterocycles. The number of hydrogen-bond donors (Lipinski definition) is 16. The highest BCUT2D eigenvalue weighted by Crippen LogP contribution is 2.20. The maximum atomic E-state index is 14.7. The maximum absolute atomic E-state index is 14.7. The Labute approximate surface area is 429 Å². The van der Waals surface area contributed by atoms with Crippen molar-refractivity contribution >= 4 is 58.3 Å². The van der Waals surface area contributed by atoms with E-state index in [9.17, 15) is 39.0 Å². The number of aromatic amines is 2. The molecule has 20 N–H and O–H groups in total. The number of nitrogens with zero attached hydrogens (tertiary/aromatic N) is 3. The molecule has 6 amide bonds. The van der Waals surface area contributed by atoms with E-state index in [0.29, 0.717) is 36.9 Å². The fourth-order valence-electron chi connectivity index (χ4n) is 8.47. The molecule has 25 nitrogen and oxygen atoms in total. The van der Waals surface area contributed by atoms with Gasteiger partial charge in [0, 0.05) is 81.4 Å². The molecule has 1 fully saturated rings. The zero-order valence-electron chi connectivity index (χ0n) is 41.6. The van der Waals surface area contributed by atoms with E-state index in [-0.39, 0.29) is 83.0 Å². The molecule has 25 heteroatoms. The first-order valence-electron chi connectivity index (χ1n) is 24.8. The monoisotopic (exact) mass is 1030 g/mol. The first kappa shape index (κ1) is 57.3. The van der Waals surface area contributed by atoms with Gasteiger partial charge in [-0.3, -0.25) is 49.4 Å². The molecule has 8 atom stereocenters. The van der Waals surface area contributed by atoms with Gasteiger partial charge in [-0.2, -0.15) is 0 Å². The quantitative estimate of drug-likeness (QED) is 0.0209. The van der Waals surface area contributed by atoms with Gasteiger partial charge in [0.25, 0.3) is 0 Å². The number of rotatable bonds is 18. The van der Waals surface area contributed by atoms with E-state index in [1.165, 1.54) is 19.4 Å². The van der Waals surface area contributed by atoms with E-state index in [4.69, 9.17) is 22.9 Å². The smallest absolute Gasteiger partial charge is 0.243 e. The van der Waals surface area contributed by atoms with Crippen molar-refractivity contribution in [3.63, 3.8) is 0 Å². The van der Waals surface area contributed by atoms with Crippen LogP contribution in [-0.2, 0) is 48.0 Å². The number of carbonyl (C=O) groups excluding carboxylic acids is 6. The fourth-order valence-corrected chi connectivity index (χ4v) is 8.47. The van der Waals surface area contributed by atoms with E-state index < -0.39 is 84.1 Å². The van der Waals surface area contributed by atoms with Crippen molar-refractivity contribution in [3.05, 3.63) is 90.1 Å². The normalized spacial score (nSPS) is 21.9. The third-order valence-corrected chi connectivity index (χ3v) is 12.3. The number of aliphatic hydroxyl groups is 2. The summed E-state index contributed by atoms with van der Waals surface area (Å²) in [4.78, 5) is 102. The highest BCUT2D eigenvalue weighted by atomic mass is 16.3. The van der Waals surface area contributed by atoms with Crippen LogP contribution in [0.4, 0.5) is 0 Å². The van der Waals surface area contributed by atoms with Gasteiger partial charge in [0.2, 0.25) is 35.4 Å². The standard InChI is InChI=1S/C49H73N17O8/c1-29(67)61-35(16-10-20-56-48(50)51)43(70)66-40-27-59-41(68)18-6-3-9-19-55-42(69)38(23-31-25-58-34-15-8-7-14-33(31)34)64-44(71)36(17-11-21-57-49(52)53)62-45(72)37(22-30-12-4-2-5-13-30)63-46(73)39(65-47(40)74)24-32-26-54-28-60-32/h2,4-5,7-8,12-15,25-26,28,35-40,43,46,58,63,66,70,73H,3,6,9-11,16-24,27H2,1H3,(H,54,60)(H,55,69)(H,59,68)(H,61,67)(H,62,72)(H,64,71)(H,65,74)(H4,50,51,56)(H4,52,53,57)/t35-,36-,37+,38-,39-,40-,43?,46?/m0/s1. The SMILES string of the molecule is CC(=O)N[C@@H](CCCN=C(N)N)C(O)N[C@H]1CNC(=O)CCCCCNC(=O)[C@H](Cc2c[nH]c3ccccc23)NC(=O)[C@H](CCCN=C(N)N)NC(=O)[C@@H](Cc2ccccc2)NC(O)[C@H](Cc2cnc[nH]2)NC1=O. The Morgan fingerprint density at radius 1 is 0.784 bits per heavy atom. The number of carbonyl (C=O) groups is 6. The van der Waals surface area contributed by atoms with Crippen LogP contribution in [0.2, 0.25) is 0 Å². The summed E-state index contributed by atoms with van der Waals surface area (Å²) in [5, 5.41) is 47.3. The lowest BCUT2D eigenvalue weighted by Crippen LogP contribution is -2.63. The van der Waals surface area contributed by atoms with Gasteiger partial charge in [-0.05, 0) is 62.1 Å². The third-order valence-electron chi connectivity index (χ3n) is 12.3. The number of benzene rings is 2. The Hall–Kier alpha value is -7.61. The van der Waals surface area contributed by atoms with Crippen molar-refractivity contribution in [1.29, 1.82) is 0 Å². The number of aliphatic hydroxyl groups excluding tert-OH is 2. The summed E-state index contributed by atoms with van der Waals surface area (Å²) < 4.78 is 0. The number of imidazole rings is 1. The molecule has 1 aliphatic heterocycles. The second-order valence-corrected chi connectivity index (χ2v) is 18.2. The second kappa shape index (κ2) is 29.8. The number of fused-ring (bicyclic) bond motifs is 1. The molecule has 0 spiro atoms. The summed E-state index contributed by atoms with van der Waals surface area (Å²) in [6.45, 7) is 1.48. The Morgan fingerprint density at radius 3 is 2.20 bits per heavy atom. The molecule has 2 unspecified atom stereocenters. The number of hydrogen-bond acceptors (Lipinski definition) is 13. The van der Waals surface area contributed by atoms with Gasteiger partial charge >= 0.3 is 0 Å². The summed E-state index contributed by atoms with van der Waals surface area (Å²) in [5.74, 6) is -3.75. The van der Waals surface area contributed by atoms with Gasteiger partial charge in [-0.25, -0.2) is 4.98 Å². The van der Waals surface area contributed by atoms with Crippen LogP contribution in [0.3, 0.4) is 0 Å². The summed E-state index contributed by atoms with van der Waals surface area (Å²) in [6.07, 6.45) is 3.82. The van der Waals surface area contributed by atoms with Crippen molar-refractivity contribution in [1.82, 2.24) is 57.5 Å². The van der Waals surface area contributed by atoms with Gasteiger partial charge in [0.15, 0.2) is 11.9 Å². The molecule has 5 rings (SSSR count). The Bertz CT molecular complexity index is 2480. The second-order valence-electron chi connectivity index (χ2n) is 18.2. The minimum absolute atomic E-state index is 0.00147. The Kier molecular flexibility index (Phi) is 23.1. The van der Waals surface area contributed by atoms with Gasteiger partial charge in [-0.15, -0.1) is 0 Å². The summed E-state index contributed by atoms with van der Waals surface area (Å²) >= 11 is 0. The van der Waals surface area contributed by atoms with Gasteiger partial charge in [-0.1, -0.05) is 55.0 Å². The van der Waals surface area contributed by atoms with Gasteiger partial charge in [0.05, 0.1) is 24.5 Å². The molecule has 4 aromatic rings. The van der Waals surface area contributed by atoms with Crippen LogP contribution in [-0.4, -0.2) is 147 Å². The molecule has 3 heterocycles. The summed E-state index contributed by atoms with van der Waals surface area (Å²) in [7, 11) is 0. The molecule has 74 heavy (non-hydrogen) atoms. The third kappa shape index (κ3) is 19.4. The van der Waals surface area contributed by atoms with Crippen molar-refractivity contribution in [2.75, 3.05) is 26.2 Å². The molecular formula is C49H73N17O8. The van der Waals surface area contributed by atoms with Crippen LogP contribution >= 0.6 is 0 Å². The lowest BCUT2D eigenvalue weighted by molar-refractivity contribution is -0.133. The number of nitrogens with two attached hydrogens (primary N) is 4. The topological polar surface area (TPSA) is 412 Å². The molecule has 1 saturated heterocycles. The average Bonchev–Trinajstić information content (AvgIpc) is 4.04. The van der Waals surface area contributed by atoms with Crippen LogP contribution in [0.1, 0.15) is 75.1 Å². The minimum Gasteiger partial charge on any atom is -0.376 e. The first-order valence-corrected chi connectivity index (χ1v) is 24.8. The number of para-hydroxylation sites is 1. The van der Waals surface area contributed by atoms with Crippen LogP contribution in [0, 0.1) is 0 Å². The van der Waals surface area contributed by atoms with E-state index in [1.54, 1.807) is 36.5 Å². The van der Waals surface area contributed by atoms with Crippen molar-refractivity contribution in [2.45, 2.75) is 126 Å². The molecule has 0 bridgehead atoms. The molecule has 0 aliphatic carbocycles. The summed E-state index contributed by atoms with van der Waals surface area (Å²) in [5.41, 5.74) is 24.9. The minimum atomic E-state index is -1.68. The van der Waals surface area contributed by atoms with Crippen molar-refractivity contribution in [2.24, 2.45) is 32.9 Å². The number of aliphatic imine (C=N–C) groups is 2. The molecule has 402 valence electrons. The number of amides is 6. The van der Waals surface area contributed by atoms with Crippen LogP contribution in [0.5, 0.6) is 0 Å². The largest absolute Gasteiger partial charge is 0.376 e. The Morgan fingerprint density at radius 2 is 1.49 bits per heavy atom. The predicted octanol–water partition coefficient (Wildman–Crippen LogP) is -2.66. The number of guanidine groups is 2. The number of nitrogens with one attached hydrogen (secondary N) is 10. The van der Waals surface area contributed by atoms with Crippen LogP contribution in [0.25, 0.3) is 10.9 Å². The van der Waals surface area contributed by atoms with Crippen LogP contribution < -0.4 is 65.5 Å². The average molecular weight is 1030 g/mol. The van der Waals surface area contributed by atoms with Gasteiger partial charge < -0.3 is 75.0 Å². The van der Waals surface area contributed by atoms with Crippen LogP contribution in [0.15, 0.2) is 83.3 Å². The highest BCUT2D eigenvalue weighted by molar-refractivity contribution is 5.94. The Balaban J connectivity index is 1.50. The van der Waals surface area contributed by atoms with E-state index in [0.717, 1.165) is 16.5 Å². The van der Waals surface area contributed by atoms with E-state index in [2.05, 4.69) is 67.5 Å². The number of H-pyrrole nitrogens is 2. The predicted molar refractivity (Wildman–Crippen MR) is 278 cm³/mol. The van der Waals surface area contributed by atoms with Crippen molar-refractivity contribution < 1.29 is 39.0 Å². The van der Waals surface area contributed by atoms with E-state index >= 15 is 0 Å². The highest BCUT2D eigenvalue weighted by Gasteiger charge is 2.35. The van der Waals surface area contributed by atoms with E-state index in [1.807, 2.05) is 24.3 Å². The van der Waals surface area contributed by atoms with Gasteiger partial charge in [0.1, 0.15) is 30.6 Å². The lowest BCUT2D eigenvalue weighted by atomic mass is 10.0. The van der Waals surface area contributed by atoms with Crippen molar-refractivity contribution in [3.8, 4) is 0 Å². The zero-order chi connectivity index (χ0) is 53.4. The molecule has 2 aromatic carbocycles. The maximum Gasteiger partial charge on any atom is 0.243 e. The zero-order valence-corrected chi connectivity index (χ0v) is 41.6. The molecule has 0 saturated carbocycles. The molecule has 0 radical (unpaired) electrons. The summed E-state index contributed by atoms with van der Waals surface area (Å²) in [6, 6.07) is 9.43.